The van der Waals surface area contributed by atoms with Crippen LogP contribution in [0.15, 0.2) is 16.5 Å². The van der Waals surface area contributed by atoms with E-state index in [-0.39, 0.29) is 5.82 Å². The Labute approximate surface area is 118 Å². The number of hydrogen-bond acceptors (Lipinski definition) is 7. The van der Waals surface area contributed by atoms with Crippen molar-refractivity contribution in [1.29, 1.82) is 0 Å². The van der Waals surface area contributed by atoms with Gasteiger partial charge >= 0.3 is 5.69 Å². The molecule has 1 aliphatic heterocycles. The van der Waals surface area contributed by atoms with E-state index in [4.69, 9.17) is 27.2 Å². The van der Waals surface area contributed by atoms with Gasteiger partial charge in [-0.05, 0) is 6.08 Å². The van der Waals surface area contributed by atoms with Crippen molar-refractivity contribution in [2.75, 3.05) is 12.3 Å². The van der Waals surface area contributed by atoms with Crippen LogP contribution in [-0.4, -0.2) is 49.8 Å². The minimum absolute atomic E-state index is 0.0186. The lowest BCUT2D eigenvalue weighted by Gasteiger charge is -2.18. The van der Waals surface area contributed by atoms with Crippen LogP contribution in [0, 0.1) is 0 Å². The second kappa shape index (κ2) is 5.90. The summed E-state index contributed by atoms with van der Waals surface area (Å²) in [4.78, 5) is 15.4. The zero-order valence-corrected chi connectivity index (χ0v) is 11.0. The molecule has 1 fully saturated rings. The summed E-state index contributed by atoms with van der Waals surface area (Å²) < 4.78 is 6.24. The van der Waals surface area contributed by atoms with Gasteiger partial charge in [0.2, 0.25) is 0 Å². The molecule has 0 saturated carbocycles. The molecule has 0 bridgehead atoms. The Morgan fingerprint density at radius 3 is 2.75 bits per heavy atom. The summed E-state index contributed by atoms with van der Waals surface area (Å²) in [7, 11) is 0. The predicted octanol–water partition coefficient (Wildman–Crippen LogP) is -1.35. The van der Waals surface area contributed by atoms with Crippen molar-refractivity contribution < 1.29 is 20.1 Å². The van der Waals surface area contributed by atoms with E-state index in [1.54, 1.807) is 0 Å². The monoisotopic (exact) mass is 303 g/mol. The lowest BCUT2D eigenvalue weighted by atomic mass is 10.1. The normalized spacial score (nSPS) is 30.2. The Kier molecular flexibility index (Phi) is 4.41. The van der Waals surface area contributed by atoms with Crippen LogP contribution in [0.4, 0.5) is 5.82 Å². The van der Waals surface area contributed by atoms with Gasteiger partial charge < -0.3 is 25.8 Å². The second-order valence-corrected chi connectivity index (χ2v) is 4.54. The lowest BCUT2D eigenvalue weighted by Crippen LogP contribution is -2.36. The maximum Gasteiger partial charge on any atom is 0.351 e. The lowest BCUT2D eigenvalue weighted by molar-refractivity contribution is -0.0549. The Morgan fingerprint density at radius 1 is 1.50 bits per heavy atom. The SMILES string of the molecule is Nc1nc(=O)n([C@@H]2O[C@H](CO)[C@H](O)[C@H]2O)cc1C=CCl. The van der Waals surface area contributed by atoms with Crippen LogP contribution in [0.1, 0.15) is 11.8 Å². The number of halogens is 1. The molecule has 110 valence electrons. The topological polar surface area (TPSA) is 131 Å². The number of rotatable bonds is 3. The zero-order chi connectivity index (χ0) is 14.9. The molecule has 1 aromatic rings. The number of anilines is 1. The van der Waals surface area contributed by atoms with Gasteiger partial charge in [-0.25, -0.2) is 4.79 Å². The Hall–Kier alpha value is -1.45. The molecule has 9 heteroatoms. The summed E-state index contributed by atoms with van der Waals surface area (Å²) in [5, 5.41) is 28.6. The first kappa shape index (κ1) is 14.9. The number of nitrogens with zero attached hydrogens (tertiary/aromatic N) is 2. The van der Waals surface area contributed by atoms with Gasteiger partial charge in [0.15, 0.2) is 6.23 Å². The van der Waals surface area contributed by atoms with Crippen molar-refractivity contribution in [2.24, 2.45) is 0 Å². The number of aliphatic hydroxyl groups excluding tert-OH is 3. The van der Waals surface area contributed by atoms with Crippen LogP contribution in [0.3, 0.4) is 0 Å². The van der Waals surface area contributed by atoms with Crippen LogP contribution in [-0.2, 0) is 4.74 Å². The van der Waals surface area contributed by atoms with Crippen LogP contribution in [0.2, 0.25) is 0 Å². The number of aromatic nitrogens is 2. The van der Waals surface area contributed by atoms with Crippen LogP contribution < -0.4 is 11.4 Å². The highest BCUT2D eigenvalue weighted by molar-refractivity contribution is 6.27. The van der Waals surface area contributed by atoms with Crippen molar-refractivity contribution in [3.63, 3.8) is 0 Å². The van der Waals surface area contributed by atoms with Crippen molar-refractivity contribution in [1.82, 2.24) is 9.55 Å². The molecule has 1 aliphatic rings. The highest BCUT2D eigenvalue weighted by Crippen LogP contribution is 2.28. The van der Waals surface area contributed by atoms with Gasteiger partial charge in [0.25, 0.3) is 0 Å². The average molecular weight is 304 g/mol. The maximum atomic E-state index is 11.8. The van der Waals surface area contributed by atoms with E-state index in [0.29, 0.717) is 5.56 Å². The molecular weight excluding hydrogens is 290 g/mol. The van der Waals surface area contributed by atoms with E-state index in [9.17, 15) is 15.0 Å². The Morgan fingerprint density at radius 2 is 2.20 bits per heavy atom. The third-order valence-electron chi connectivity index (χ3n) is 3.04. The number of ether oxygens (including phenoxy) is 1. The van der Waals surface area contributed by atoms with E-state index < -0.39 is 36.8 Å². The van der Waals surface area contributed by atoms with Crippen LogP contribution >= 0.6 is 11.6 Å². The Balaban J connectivity index is 2.43. The molecule has 20 heavy (non-hydrogen) atoms. The fourth-order valence-electron chi connectivity index (χ4n) is 1.98. The van der Waals surface area contributed by atoms with Gasteiger partial charge in [-0.15, -0.1) is 0 Å². The summed E-state index contributed by atoms with van der Waals surface area (Å²) in [6.07, 6.45) is -2.09. The quantitative estimate of drug-likeness (QED) is 0.543. The third kappa shape index (κ3) is 2.56. The highest BCUT2D eigenvalue weighted by Gasteiger charge is 2.43. The molecule has 1 aromatic heterocycles. The first-order chi connectivity index (χ1) is 9.49. The highest BCUT2D eigenvalue weighted by atomic mass is 35.5. The van der Waals surface area contributed by atoms with E-state index in [1.165, 1.54) is 17.8 Å². The van der Waals surface area contributed by atoms with Crippen molar-refractivity contribution in [2.45, 2.75) is 24.5 Å². The second-order valence-electron chi connectivity index (χ2n) is 4.29. The van der Waals surface area contributed by atoms with Gasteiger partial charge in [-0.3, -0.25) is 4.57 Å². The molecule has 0 aliphatic carbocycles. The molecule has 8 nitrogen and oxygen atoms in total. The van der Waals surface area contributed by atoms with Gasteiger partial charge in [-0.2, -0.15) is 4.98 Å². The van der Waals surface area contributed by atoms with E-state index >= 15 is 0 Å². The molecule has 0 radical (unpaired) electrons. The molecule has 0 spiro atoms. The minimum atomic E-state index is -1.37. The predicted molar refractivity (Wildman–Crippen MR) is 70.8 cm³/mol. The zero-order valence-electron chi connectivity index (χ0n) is 10.3. The number of hydrogen-bond donors (Lipinski definition) is 4. The number of nitrogen functional groups attached to an aromatic ring is 1. The van der Waals surface area contributed by atoms with Gasteiger partial charge in [0.05, 0.1) is 6.61 Å². The van der Waals surface area contributed by atoms with Gasteiger partial charge in [-0.1, -0.05) is 11.6 Å². The molecule has 2 heterocycles. The fraction of sp³-hybridized carbons (Fsp3) is 0.455. The first-order valence-electron chi connectivity index (χ1n) is 5.77. The molecule has 4 atom stereocenters. The summed E-state index contributed by atoms with van der Waals surface area (Å²) in [5.74, 6) is -0.0186. The smallest absolute Gasteiger partial charge is 0.351 e. The fourth-order valence-corrected chi connectivity index (χ4v) is 2.12. The summed E-state index contributed by atoms with van der Waals surface area (Å²) in [6.45, 7) is -0.486. The van der Waals surface area contributed by atoms with E-state index in [1.807, 2.05) is 0 Å². The number of nitrogens with two attached hydrogens (primary N) is 1. The first-order valence-corrected chi connectivity index (χ1v) is 6.21. The summed E-state index contributed by atoms with van der Waals surface area (Å²) >= 11 is 5.45. The van der Waals surface area contributed by atoms with Gasteiger partial charge in [0, 0.05) is 17.3 Å². The van der Waals surface area contributed by atoms with Gasteiger partial charge in [0.1, 0.15) is 24.1 Å². The number of aliphatic hydroxyl groups is 3. The Bertz CT molecular complexity index is 576. The molecule has 0 unspecified atom stereocenters. The standard InChI is InChI=1S/C11H14ClN3O5/c12-2-1-5-3-15(11(19)14-9(5)13)10-8(18)7(17)6(4-16)20-10/h1-3,6-8,10,16-18H,4H2,(H2,13,14,19)/t6-,7+,8-,10-/m1/s1. The summed E-state index contributed by atoms with van der Waals surface area (Å²) in [6, 6.07) is 0. The summed E-state index contributed by atoms with van der Waals surface area (Å²) in [5.41, 5.74) is 6.37. The molecule has 5 N–H and O–H groups in total. The van der Waals surface area contributed by atoms with Crippen LogP contribution in [0.25, 0.3) is 6.08 Å². The van der Waals surface area contributed by atoms with Crippen LogP contribution in [0.5, 0.6) is 0 Å². The maximum absolute atomic E-state index is 11.8. The molecule has 1 saturated heterocycles. The van der Waals surface area contributed by atoms with Crippen molar-refractivity contribution in [3.8, 4) is 0 Å². The molecule has 0 amide bonds. The minimum Gasteiger partial charge on any atom is -0.394 e. The average Bonchev–Trinajstić information content (AvgIpc) is 2.70. The molecule has 0 aromatic carbocycles. The third-order valence-corrected chi connectivity index (χ3v) is 3.17. The molecular formula is C11H14ClN3O5. The van der Waals surface area contributed by atoms with E-state index in [2.05, 4.69) is 4.98 Å². The van der Waals surface area contributed by atoms with E-state index in [0.717, 1.165) is 4.57 Å². The molecule has 2 rings (SSSR count). The van der Waals surface area contributed by atoms with Crippen molar-refractivity contribution in [3.05, 3.63) is 27.8 Å². The largest absolute Gasteiger partial charge is 0.394 e. The van der Waals surface area contributed by atoms with Crippen molar-refractivity contribution >= 4 is 23.5 Å².